The van der Waals surface area contributed by atoms with Crippen LogP contribution in [-0.2, 0) is 4.57 Å². The van der Waals surface area contributed by atoms with Crippen LogP contribution in [0.2, 0.25) is 0 Å². The smallest absolute Gasteiger partial charge is 0.325 e. The molecule has 1 atom stereocenters. The molecule has 0 aromatic heterocycles. The molecule has 0 aromatic carbocycles. The Morgan fingerprint density at radius 2 is 1.08 bits per heavy atom. The highest BCUT2D eigenvalue weighted by molar-refractivity contribution is 7.51. The van der Waals surface area contributed by atoms with Crippen LogP contribution in [-0.4, -0.2) is 22.0 Å². The van der Waals surface area contributed by atoms with E-state index in [1.165, 1.54) is 83.5 Å². The summed E-state index contributed by atoms with van der Waals surface area (Å²) in [4.78, 5) is 17.6. The van der Waals surface area contributed by atoms with Gasteiger partial charge in [0.15, 0.2) is 0 Å². The maximum atomic E-state index is 10.8. The molecule has 24 heavy (non-hydrogen) atoms. The van der Waals surface area contributed by atoms with Crippen LogP contribution in [0.1, 0.15) is 110 Å². The van der Waals surface area contributed by atoms with Crippen molar-refractivity contribution in [2.24, 2.45) is 5.73 Å². The Balaban J connectivity index is 3.16. The van der Waals surface area contributed by atoms with Gasteiger partial charge in [0.1, 0.15) is 0 Å². The third-order valence-electron chi connectivity index (χ3n) is 4.72. The lowest BCUT2D eigenvalue weighted by molar-refractivity contribution is 0.368. The second-order valence-electron chi connectivity index (χ2n) is 7.32. The van der Waals surface area contributed by atoms with E-state index in [4.69, 9.17) is 15.5 Å². The Hall–Kier alpha value is 0.110. The van der Waals surface area contributed by atoms with E-state index in [0.29, 0.717) is 6.42 Å². The molecule has 5 heteroatoms. The van der Waals surface area contributed by atoms with Crippen molar-refractivity contribution >= 4 is 7.60 Å². The fourth-order valence-corrected chi connectivity index (χ4v) is 3.75. The SMILES string of the molecule is CCCCCCCCCCCCCCCCC(N)CCP(=O)(O)O. The van der Waals surface area contributed by atoms with Gasteiger partial charge in [0.2, 0.25) is 0 Å². The van der Waals surface area contributed by atoms with E-state index in [0.717, 1.165) is 12.8 Å². The third-order valence-corrected chi connectivity index (χ3v) is 5.56. The standard InChI is InChI=1S/C19H42NO3P/c1-2-3-4-5-6-7-8-9-10-11-12-13-14-15-16-19(20)17-18-24(21,22)23/h19H,2-18,20H2,1H3,(H2,21,22,23). The highest BCUT2D eigenvalue weighted by Gasteiger charge is 2.14. The zero-order valence-corrected chi connectivity index (χ0v) is 16.8. The first kappa shape index (κ1) is 24.1. The molecule has 0 aliphatic heterocycles. The zero-order chi connectivity index (χ0) is 18.1. The number of rotatable bonds is 18. The van der Waals surface area contributed by atoms with E-state index in [1.54, 1.807) is 0 Å². The number of nitrogens with two attached hydrogens (primary N) is 1. The molecule has 146 valence electrons. The van der Waals surface area contributed by atoms with Gasteiger partial charge in [0.25, 0.3) is 0 Å². The minimum Gasteiger partial charge on any atom is -0.328 e. The van der Waals surface area contributed by atoms with Gasteiger partial charge in [-0.15, -0.1) is 0 Å². The van der Waals surface area contributed by atoms with Gasteiger partial charge in [-0.1, -0.05) is 96.8 Å². The second-order valence-corrected chi connectivity index (χ2v) is 9.10. The van der Waals surface area contributed by atoms with Gasteiger partial charge < -0.3 is 15.5 Å². The Morgan fingerprint density at radius 3 is 1.46 bits per heavy atom. The molecule has 0 aliphatic carbocycles. The normalized spacial score (nSPS) is 13.3. The fraction of sp³-hybridized carbons (Fsp3) is 1.00. The second kappa shape index (κ2) is 16.6. The van der Waals surface area contributed by atoms with E-state index >= 15 is 0 Å². The fourth-order valence-electron chi connectivity index (χ4n) is 3.08. The average molecular weight is 364 g/mol. The van der Waals surface area contributed by atoms with E-state index in [-0.39, 0.29) is 12.2 Å². The lowest BCUT2D eigenvalue weighted by Gasteiger charge is -2.11. The molecule has 0 fully saturated rings. The maximum Gasteiger partial charge on any atom is 0.325 e. The monoisotopic (exact) mass is 363 g/mol. The summed E-state index contributed by atoms with van der Waals surface area (Å²) in [6.07, 6.45) is 20.0. The predicted octanol–water partition coefficient (Wildman–Crippen LogP) is 5.75. The molecule has 4 N–H and O–H groups in total. The van der Waals surface area contributed by atoms with Crippen molar-refractivity contribution in [3.8, 4) is 0 Å². The third kappa shape index (κ3) is 20.2. The van der Waals surface area contributed by atoms with Crippen molar-refractivity contribution in [2.45, 2.75) is 116 Å². The average Bonchev–Trinajstić information content (AvgIpc) is 2.52. The molecule has 0 rings (SSSR count). The molecule has 0 aromatic rings. The number of unbranched alkanes of at least 4 members (excludes halogenated alkanes) is 13. The highest BCUT2D eigenvalue weighted by Crippen LogP contribution is 2.35. The molecule has 1 unspecified atom stereocenters. The quantitative estimate of drug-likeness (QED) is 0.214. The molecule has 0 aliphatic rings. The molecule has 0 radical (unpaired) electrons. The first-order chi connectivity index (χ1) is 11.5. The van der Waals surface area contributed by atoms with Crippen LogP contribution in [0.5, 0.6) is 0 Å². The van der Waals surface area contributed by atoms with Crippen molar-refractivity contribution in [2.75, 3.05) is 6.16 Å². The van der Waals surface area contributed by atoms with Gasteiger partial charge in [0, 0.05) is 6.04 Å². The topological polar surface area (TPSA) is 83.6 Å². The largest absolute Gasteiger partial charge is 0.328 e. The van der Waals surface area contributed by atoms with Gasteiger partial charge in [0.05, 0.1) is 6.16 Å². The summed E-state index contributed by atoms with van der Waals surface area (Å²) in [5.74, 6) is 0. The van der Waals surface area contributed by atoms with Gasteiger partial charge in [-0.3, -0.25) is 4.57 Å². The minimum absolute atomic E-state index is 0.0602. The van der Waals surface area contributed by atoms with Crippen LogP contribution in [0, 0.1) is 0 Å². The molecule has 0 saturated carbocycles. The summed E-state index contributed by atoms with van der Waals surface area (Å²) in [7, 11) is -3.87. The molecular weight excluding hydrogens is 321 g/mol. The van der Waals surface area contributed by atoms with Gasteiger partial charge in [-0.2, -0.15) is 0 Å². The van der Waals surface area contributed by atoms with Crippen LogP contribution in [0.3, 0.4) is 0 Å². The van der Waals surface area contributed by atoms with Crippen molar-refractivity contribution in [1.82, 2.24) is 0 Å². The molecule has 0 saturated heterocycles. The first-order valence-electron chi connectivity index (χ1n) is 10.3. The number of hydrogen-bond donors (Lipinski definition) is 3. The van der Waals surface area contributed by atoms with Crippen LogP contribution < -0.4 is 5.73 Å². The highest BCUT2D eigenvalue weighted by atomic mass is 31.2. The van der Waals surface area contributed by atoms with Gasteiger partial charge in [-0.25, -0.2) is 0 Å². The molecule has 0 amide bonds. The predicted molar refractivity (Wildman–Crippen MR) is 104 cm³/mol. The van der Waals surface area contributed by atoms with Crippen LogP contribution >= 0.6 is 7.60 Å². The Morgan fingerprint density at radius 1 is 0.708 bits per heavy atom. The van der Waals surface area contributed by atoms with Gasteiger partial charge >= 0.3 is 7.60 Å². The Kier molecular flexibility index (Phi) is 16.6. The summed E-state index contributed by atoms with van der Waals surface area (Å²) in [5, 5.41) is 0. The van der Waals surface area contributed by atoms with Crippen molar-refractivity contribution in [3.63, 3.8) is 0 Å². The molecule has 0 spiro atoms. The van der Waals surface area contributed by atoms with Crippen molar-refractivity contribution < 1.29 is 14.4 Å². The lowest BCUT2D eigenvalue weighted by atomic mass is 10.0. The molecule has 0 heterocycles. The minimum atomic E-state index is -3.87. The zero-order valence-electron chi connectivity index (χ0n) is 15.9. The van der Waals surface area contributed by atoms with Crippen molar-refractivity contribution in [3.05, 3.63) is 0 Å². The molecule has 0 bridgehead atoms. The van der Waals surface area contributed by atoms with Crippen LogP contribution in [0.25, 0.3) is 0 Å². The van der Waals surface area contributed by atoms with E-state index in [2.05, 4.69) is 6.92 Å². The van der Waals surface area contributed by atoms with Gasteiger partial charge in [-0.05, 0) is 12.8 Å². The first-order valence-corrected chi connectivity index (χ1v) is 12.1. The summed E-state index contributed by atoms with van der Waals surface area (Å²) < 4.78 is 10.8. The van der Waals surface area contributed by atoms with Crippen LogP contribution in [0.4, 0.5) is 0 Å². The van der Waals surface area contributed by atoms with E-state index < -0.39 is 7.60 Å². The van der Waals surface area contributed by atoms with E-state index in [1.807, 2.05) is 0 Å². The number of hydrogen-bond acceptors (Lipinski definition) is 2. The Labute approximate surface area is 150 Å². The maximum absolute atomic E-state index is 10.8. The van der Waals surface area contributed by atoms with E-state index in [9.17, 15) is 4.57 Å². The van der Waals surface area contributed by atoms with Crippen molar-refractivity contribution in [1.29, 1.82) is 0 Å². The summed E-state index contributed by atoms with van der Waals surface area (Å²) in [5.41, 5.74) is 5.88. The summed E-state index contributed by atoms with van der Waals surface area (Å²) in [6, 6.07) is -0.0602. The summed E-state index contributed by atoms with van der Waals surface area (Å²) >= 11 is 0. The lowest BCUT2D eigenvalue weighted by Crippen LogP contribution is -2.21. The molecular formula is C19H42NO3P. The summed E-state index contributed by atoms with van der Waals surface area (Å²) in [6.45, 7) is 2.26. The van der Waals surface area contributed by atoms with Crippen LogP contribution in [0.15, 0.2) is 0 Å². The Bertz CT molecular complexity index is 307. The molecule has 4 nitrogen and oxygen atoms in total.